The van der Waals surface area contributed by atoms with Gasteiger partial charge in [-0.25, -0.2) is 0 Å². The topological polar surface area (TPSA) is 50.4 Å². The van der Waals surface area contributed by atoms with Crippen molar-refractivity contribution in [2.45, 2.75) is 51.0 Å². The van der Waals surface area contributed by atoms with Gasteiger partial charge in [-0.2, -0.15) is 0 Å². The van der Waals surface area contributed by atoms with E-state index in [1.54, 1.807) is 0 Å². The third-order valence-electron chi connectivity index (χ3n) is 6.12. The van der Waals surface area contributed by atoms with Crippen molar-refractivity contribution in [1.82, 2.24) is 10.6 Å². The van der Waals surface area contributed by atoms with Gasteiger partial charge in [0.2, 0.25) is 0 Å². The Labute approximate surface area is 154 Å². The summed E-state index contributed by atoms with van der Waals surface area (Å²) in [4.78, 5) is 12.2. The highest BCUT2D eigenvalue weighted by molar-refractivity contribution is 7.80. The number of nitrogens with one attached hydrogen (secondary N) is 2. The summed E-state index contributed by atoms with van der Waals surface area (Å²) in [6, 6.07) is 7.69. The van der Waals surface area contributed by atoms with Crippen LogP contribution in [-0.2, 0) is 4.79 Å². The molecule has 4 aliphatic rings. The minimum Gasteiger partial charge on any atom is -0.483 e. The molecule has 2 N–H and O–H groups in total. The number of carbonyl (C=O) groups excluding carboxylic acids is 1. The van der Waals surface area contributed by atoms with Crippen LogP contribution in [0.3, 0.4) is 0 Å². The second kappa shape index (κ2) is 6.60. The van der Waals surface area contributed by atoms with Crippen molar-refractivity contribution in [2.75, 3.05) is 6.61 Å². The van der Waals surface area contributed by atoms with Crippen LogP contribution in [0.1, 0.15) is 44.1 Å². The van der Waals surface area contributed by atoms with E-state index in [-0.39, 0.29) is 18.1 Å². The maximum absolute atomic E-state index is 12.2. The molecule has 1 amide bonds. The van der Waals surface area contributed by atoms with Crippen LogP contribution in [-0.4, -0.2) is 23.2 Å². The molecule has 25 heavy (non-hydrogen) atoms. The molecule has 0 aliphatic heterocycles. The highest BCUT2D eigenvalue weighted by Crippen LogP contribution is 2.55. The molecule has 0 saturated heterocycles. The van der Waals surface area contributed by atoms with Gasteiger partial charge >= 0.3 is 0 Å². The third kappa shape index (κ3) is 3.66. The Balaban J connectivity index is 1.29. The second-order valence-corrected chi connectivity index (χ2v) is 8.66. The average Bonchev–Trinajstić information content (AvgIpc) is 2.52. The molecule has 1 aromatic carbocycles. The predicted octanol–water partition coefficient (Wildman–Crippen LogP) is 3.33. The van der Waals surface area contributed by atoms with Crippen molar-refractivity contribution in [1.29, 1.82) is 0 Å². The minimum absolute atomic E-state index is 0.0203. The molecule has 1 aromatic rings. The van der Waals surface area contributed by atoms with Gasteiger partial charge in [-0.1, -0.05) is 18.2 Å². The number of hydrogen-bond acceptors (Lipinski definition) is 3. The first-order valence-electron chi connectivity index (χ1n) is 9.32. The standard InChI is InChI=1S/C20H26N2O2S/c1-13-4-2-3-5-17(13)24-12-18(23)21-19(25)22-20-9-14-6-15(10-20)8-16(7-14)11-20/h2-5,14-16H,6-12H2,1H3,(H2,21,22,23,25). The summed E-state index contributed by atoms with van der Waals surface area (Å²) in [6.07, 6.45) is 7.79. The third-order valence-corrected chi connectivity index (χ3v) is 6.33. The molecule has 0 unspecified atom stereocenters. The van der Waals surface area contributed by atoms with Crippen LogP contribution in [0.5, 0.6) is 5.75 Å². The van der Waals surface area contributed by atoms with E-state index in [4.69, 9.17) is 17.0 Å². The zero-order valence-corrected chi connectivity index (χ0v) is 15.5. The number of amides is 1. The van der Waals surface area contributed by atoms with E-state index in [0.717, 1.165) is 29.1 Å². The fourth-order valence-electron chi connectivity index (χ4n) is 5.56. The summed E-state index contributed by atoms with van der Waals surface area (Å²) in [5.41, 5.74) is 1.14. The number of carbonyl (C=O) groups is 1. The molecular formula is C20H26N2O2S. The van der Waals surface area contributed by atoms with Crippen LogP contribution in [0.25, 0.3) is 0 Å². The predicted molar refractivity (Wildman–Crippen MR) is 101 cm³/mol. The molecule has 0 atom stereocenters. The molecule has 4 fully saturated rings. The smallest absolute Gasteiger partial charge is 0.264 e. The van der Waals surface area contributed by atoms with Crippen LogP contribution < -0.4 is 15.4 Å². The van der Waals surface area contributed by atoms with E-state index < -0.39 is 0 Å². The van der Waals surface area contributed by atoms with Gasteiger partial charge in [-0.15, -0.1) is 0 Å². The van der Waals surface area contributed by atoms with Crippen molar-refractivity contribution in [3.8, 4) is 5.75 Å². The lowest BCUT2D eigenvalue weighted by atomic mass is 9.53. The van der Waals surface area contributed by atoms with Gasteiger partial charge in [0.1, 0.15) is 5.75 Å². The van der Waals surface area contributed by atoms with Gasteiger partial charge in [0, 0.05) is 5.54 Å². The van der Waals surface area contributed by atoms with Crippen molar-refractivity contribution < 1.29 is 9.53 Å². The van der Waals surface area contributed by atoms with Gasteiger partial charge in [0.15, 0.2) is 11.7 Å². The number of aryl methyl sites for hydroxylation is 1. The van der Waals surface area contributed by atoms with Gasteiger partial charge in [0.05, 0.1) is 0 Å². The van der Waals surface area contributed by atoms with Gasteiger partial charge < -0.3 is 15.4 Å². The Hall–Kier alpha value is -1.62. The van der Waals surface area contributed by atoms with Crippen molar-refractivity contribution >= 4 is 23.2 Å². The summed E-state index contributed by atoms with van der Waals surface area (Å²) >= 11 is 5.42. The average molecular weight is 359 g/mol. The van der Waals surface area contributed by atoms with Crippen LogP contribution in [0.2, 0.25) is 0 Å². The molecule has 0 spiro atoms. The second-order valence-electron chi connectivity index (χ2n) is 8.25. The molecule has 4 saturated carbocycles. The number of thiocarbonyl (C=S) groups is 1. The number of benzene rings is 1. The van der Waals surface area contributed by atoms with Crippen molar-refractivity contribution in [3.63, 3.8) is 0 Å². The SMILES string of the molecule is Cc1ccccc1OCC(=O)NC(=S)NC12CC3CC(CC(C3)C1)C2. The van der Waals surface area contributed by atoms with Crippen LogP contribution in [0, 0.1) is 24.7 Å². The van der Waals surface area contributed by atoms with Gasteiger partial charge in [-0.3, -0.25) is 4.79 Å². The molecule has 5 heteroatoms. The number of para-hydroxylation sites is 1. The Morgan fingerprint density at radius 3 is 2.36 bits per heavy atom. The zero-order valence-electron chi connectivity index (χ0n) is 14.7. The van der Waals surface area contributed by atoms with E-state index in [0.29, 0.717) is 5.11 Å². The fraction of sp³-hybridized carbons (Fsp3) is 0.600. The summed E-state index contributed by atoms with van der Waals surface area (Å²) in [5.74, 6) is 3.08. The summed E-state index contributed by atoms with van der Waals surface area (Å²) in [5, 5.41) is 6.77. The molecule has 0 radical (unpaired) electrons. The molecular weight excluding hydrogens is 332 g/mol. The highest BCUT2D eigenvalue weighted by atomic mass is 32.1. The normalized spacial score (nSPS) is 32.3. The van der Waals surface area contributed by atoms with Crippen LogP contribution in [0.4, 0.5) is 0 Å². The van der Waals surface area contributed by atoms with Crippen LogP contribution >= 0.6 is 12.2 Å². The van der Waals surface area contributed by atoms with Crippen molar-refractivity contribution in [2.24, 2.45) is 17.8 Å². The molecule has 4 bridgehead atoms. The molecule has 134 valence electrons. The lowest BCUT2D eigenvalue weighted by Gasteiger charge is -2.57. The number of rotatable bonds is 4. The van der Waals surface area contributed by atoms with Crippen molar-refractivity contribution in [3.05, 3.63) is 29.8 Å². The summed E-state index contributed by atoms with van der Waals surface area (Å²) in [6.45, 7) is 1.94. The fourth-order valence-corrected chi connectivity index (χ4v) is 5.89. The first-order valence-corrected chi connectivity index (χ1v) is 9.73. The zero-order chi connectivity index (χ0) is 17.4. The summed E-state index contributed by atoms with van der Waals surface area (Å²) in [7, 11) is 0. The largest absolute Gasteiger partial charge is 0.483 e. The molecule has 0 aromatic heterocycles. The minimum atomic E-state index is -0.203. The Bertz CT molecular complexity index is 653. The molecule has 4 nitrogen and oxygen atoms in total. The van der Waals surface area contributed by atoms with E-state index >= 15 is 0 Å². The number of hydrogen-bond donors (Lipinski definition) is 2. The van der Waals surface area contributed by atoms with Gasteiger partial charge in [-0.05, 0) is 87.1 Å². The first kappa shape index (κ1) is 16.8. The lowest BCUT2D eigenvalue weighted by molar-refractivity contribution is -0.121. The first-order chi connectivity index (χ1) is 12.0. The summed E-state index contributed by atoms with van der Waals surface area (Å²) < 4.78 is 5.59. The van der Waals surface area contributed by atoms with Crippen LogP contribution in [0.15, 0.2) is 24.3 Å². The van der Waals surface area contributed by atoms with E-state index in [1.807, 2.05) is 31.2 Å². The monoisotopic (exact) mass is 358 g/mol. The Morgan fingerprint density at radius 1 is 1.16 bits per heavy atom. The highest BCUT2D eigenvalue weighted by Gasteiger charge is 2.51. The van der Waals surface area contributed by atoms with E-state index in [1.165, 1.54) is 38.5 Å². The maximum atomic E-state index is 12.2. The Kier molecular flexibility index (Phi) is 4.44. The van der Waals surface area contributed by atoms with Gasteiger partial charge in [0.25, 0.3) is 5.91 Å². The lowest BCUT2D eigenvalue weighted by Crippen LogP contribution is -2.62. The Morgan fingerprint density at radius 2 is 1.76 bits per heavy atom. The number of ether oxygens (including phenoxy) is 1. The molecule has 5 rings (SSSR count). The maximum Gasteiger partial charge on any atom is 0.264 e. The quantitative estimate of drug-likeness (QED) is 0.811. The van der Waals surface area contributed by atoms with E-state index in [2.05, 4.69) is 10.6 Å². The molecule has 4 aliphatic carbocycles. The molecule has 0 heterocycles. The van der Waals surface area contributed by atoms with E-state index in [9.17, 15) is 4.79 Å².